The molecule has 0 spiro atoms. The molecule has 1 aliphatic rings. The summed E-state index contributed by atoms with van der Waals surface area (Å²) in [4.78, 5) is 27.0. The van der Waals surface area contributed by atoms with Crippen molar-refractivity contribution in [1.82, 2.24) is 29.6 Å². The lowest BCUT2D eigenvalue weighted by Gasteiger charge is -2.31. The van der Waals surface area contributed by atoms with Crippen LogP contribution in [0.1, 0.15) is 18.4 Å². The Hall–Kier alpha value is -4.06. The second kappa shape index (κ2) is 9.90. The summed E-state index contributed by atoms with van der Waals surface area (Å²) in [7, 11) is -3.29. The van der Waals surface area contributed by atoms with Crippen molar-refractivity contribution in [3.63, 3.8) is 0 Å². The summed E-state index contributed by atoms with van der Waals surface area (Å²) < 4.78 is 36.6. The van der Waals surface area contributed by atoms with Gasteiger partial charge in [-0.2, -0.15) is 5.10 Å². The Labute approximate surface area is 207 Å². The van der Waals surface area contributed by atoms with Crippen LogP contribution in [0.4, 0.5) is 4.79 Å². The van der Waals surface area contributed by atoms with Gasteiger partial charge in [0.15, 0.2) is 15.5 Å². The number of nitrogens with zero attached hydrogens (tertiary/aromatic N) is 6. The molecular weight excluding hydrogens is 484 g/mol. The third-order valence-electron chi connectivity index (χ3n) is 5.90. The molecule has 0 N–H and O–H groups in total. The first kappa shape index (κ1) is 23.7. The summed E-state index contributed by atoms with van der Waals surface area (Å²) in [6.07, 6.45) is 8.33. The molecule has 1 saturated heterocycles. The van der Waals surface area contributed by atoms with Crippen LogP contribution in [0.3, 0.4) is 0 Å². The van der Waals surface area contributed by atoms with Crippen LogP contribution in [-0.2, 0) is 21.2 Å². The van der Waals surface area contributed by atoms with Gasteiger partial charge >= 0.3 is 6.09 Å². The number of amides is 1. The fourth-order valence-electron chi connectivity index (χ4n) is 3.97. The number of benzene rings is 1. The van der Waals surface area contributed by atoms with Crippen molar-refractivity contribution in [1.29, 1.82) is 0 Å². The molecule has 3 aromatic heterocycles. The Morgan fingerprint density at radius 3 is 2.56 bits per heavy atom. The molecular formula is C24H24N6O5S. The Morgan fingerprint density at radius 1 is 1.08 bits per heavy atom. The molecule has 0 atom stereocenters. The first-order valence-corrected chi connectivity index (χ1v) is 13.2. The number of hydrogen-bond donors (Lipinski definition) is 0. The van der Waals surface area contributed by atoms with E-state index in [1.54, 1.807) is 46.4 Å². The van der Waals surface area contributed by atoms with Gasteiger partial charge in [0.25, 0.3) is 0 Å². The number of carbonyl (C=O) groups excluding carboxylic acids is 1. The molecule has 0 radical (unpaired) electrons. The van der Waals surface area contributed by atoms with Gasteiger partial charge in [-0.15, -0.1) is 0 Å². The van der Waals surface area contributed by atoms with Crippen molar-refractivity contribution < 1.29 is 22.7 Å². The molecule has 4 heterocycles. The number of sulfone groups is 1. The topological polar surface area (TPSA) is 129 Å². The normalized spacial score (nSPS) is 14.6. The van der Waals surface area contributed by atoms with Gasteiger partial charge in [0.2, 0.25) is 5.88 Å². The number of piperidine rings is 1. The highest BCUT2D eigenvalue weighted by Gasteiger charge is 2.26. The highest BCUT2D eigenvalue weighted by Crippen LogP contribution is 2.26. The molecule has 1 aromatic carbocycles. The van der Waals surface area contributed by atoms with E-state index in [9.17, 15) is 13.2 Å². The molecule has 12 heteroatoms. The maximum atomic E-state index is 12.4. The zero-order valence-corrected chi connectivity index (χ0v) is 20.3. The molecule has 36 heavy (non-hydrogen) atoms. The largest absolute Gasteiger partial charge is 0.474 e. The minimum atomic E-state index is -3.29. The summed E-state index contributed by atoms with van der Waals surface area (Å²) >= 11 is 0. The van der Waals surface area contributed by atoms with Crippen LogP contribution in [-0.4, -0.2) is 69.6 Å². The van der Waals surface area contributed by atoms with Gasteiger partial charge in [-0.1, -0.05) is 6.07 Å². The summed E-state index contributed by atoms with van der Waals surface area (Å²) in [5, 5.41) is 5.04. The van der Waals surface area contributed by atoms with Gasteiger partial charge in [-0.3, -0.25) is 4.98 Å². The van der Waals surface area contributed by atoms with E-state index in [4.69, 9.17) is 9.47 Å². The third kappa shape index (κ3) is 5.13. The number of rotatable bonds is 6. The number of carbonyl (C=O) groups is 1. The standard InChI is InChI=1S/C24H24N6O5S/c1-36(32,33)20-6-4-18(5-7-20)30-22-21(14-28-30)23(27-16-26-22)35-19-8-11-29(12-9-19)24(31)34-15-17-3-2-10-25-13-17/h2-7,10,13-14,16,19H,8-9,11-12,15H2,1H3. The first-order chi connectivity index (χ1) is 17.4. The second-order valence-electron chi connectivity index (χ2n) is 8.46. The average molecular weight is 509 g/mol. The smallest absolute Gasteiger partial charge is 0.410 e. The van der Waals surface area contributed by atoms with Crippen molar-refractivity contribution in [2.24, 2.45) is 0 Å². The van der Waals surface area contributed by atoms with E-state index in [0.717, 1.165) is 11.8 Å². The minimum Gasteiger partial charge on any atom is -0.474 e. The Kier molecular flexibility index (Phi) is 6.51. The molecule has 11 nitrogen and oxygen atoms in total. The molecule has 1 aliphatic heterocycles. The molecule has 1 amide bonds. The van der Waals surface area contributed by atoms with Crippen molar-refractivity contribution in [2.75, 3.05) is 19.3 Å². The van der Waals surface area contributed by atoms with Crippen molar-refractivity contribution >= 4 is 27.0 Å². The van der Waals surface area contributed by atoms with Crippen LogP contribution in [0.2, 0.25) is 0 Å². The number of hydrogen-bond acceptors (Lipinski definition) is 9. The van der Waals surface area contributed by atoms with Crippen LogP contribution >= 0.6 is 0 Å². The lowest BCUT2D eigenvalue weighted by molar-refractivity contribution is 0.0629. The highest BCUT2D eigenvalue weighted by molar-refractivity contribution is 7.90. The average Bonchev–Trinajstić information content (AvgIpc) is 3.33. The van der Waals surface area contributed by atoms with Gasteiger partial charge in [-0.25, -0.2) is 27.9 Å². The predicted molar refractivity (Wildman–Crippen MR) is 129 cm³/mol. The van der Waals surface area contributed by atoms with Gasteiger partial charge in [0, 0.05) is 50.1 Å². The molecule has 186 valence electrons. The van der Waals surface area contributed by atoms with Gasteiger partial charge in [0.05, 0.1) is 16.8 Å². The molecule has 0 saturated carbocycles. The number of likely N-dealkylation sites (tertiary alicyclic amines) is 1. The monoisotopic (exact) mass is 508 g/mol. The molecule has 5 rings (SSSR count). The van der Waals surface area contributed by atoms with E-state index in [1.165, 1.54) is 18.5 Å². The van der Waals surface area contributed by atoms with Crippen LogP contribution in [0.5, 0.6) is 5.88 Å². The van der Waals surface area contributed by atoms with Gasteiger partial charge in [0.1, 0.15) is 24.4 Å². The Bertz CT molecular complexity index is 1470. The van der Waals surface area contributed by atoms with Crippen molar-refractivity contribution in [3.8, 4) is 11.6 Å². The number of aromatic nitrogens is 5. The summed E-state index contributed by atoms with van der Waals surface area (Å²) in [5.74, 6) is 0.414. The van der Waals surface area contributed by atoms with Gasteiger partial charge < -0.3 is 14.4 Å². The van der Waals surface area contributed by atoms with Gasteiger partial charge in [-0.05, 0) is 30.3 Å². The summed E-state index contributed by atoms with van der Waals surface area (Å²) in [5.41, 5.74) is 2.05. The lowest BCUT2D eigenvalue weighted by atomic mass is 10.1. The second-order valence-corrected chi connectivity index (χ2v) is 10.5. The molecule has 0 bridgehead atoms. The number of fused-ring (bicyclic) bond motifs is 1. The molecule has 4 aromatic rings. The van der Waals surface area contributed by atoms with E-state index in [0.29, 0.717) is 48.5 Å². The SMILES string of the molecule is CS(=O)(=O)c1ccc(-n2ncc3c(OC4CCN(C(=O)OCc5cccnc5)CC4)ncnc32)cc1. The lowest BCUT2D eigenvalue weighted by Crippen LogP contribution is -2.42. The van der Waals surface area contributed by atoms with E-state index >= 15 is 0 Å². The van der Waals surface area contributed by atoms with Crippen molar-refractivity contribution in [2.45, 2.75) is 30.4 Å². The highest BCUT2D eigenvalue weighted by atomic mass is 32.2. The number of pyridine rings is 1. The third-order valence-corrected chi connectivity index (χ3v) is 7.03. The quantitative estimate of drug-likeness (QED) is 0.386. The fraction of sp³-hybridized carbons (Fsp3) is 0.292. The van der Waals surface area contributed by atoms with E-state index in [1.807, 2.05) is 6.07 Å². The Morgan fingerprint density at radius 2 is 1.86 bits per heavy atom. The summed E-state index contributed by atoms with van der Waals surface area (Å²) in [6.45, 7) is 1.20. The zero-order valence-electron chi connectivity index (χ0n) is 19.5. The number of ether oxygens (including phenoxy) is 2. The molecule has 0 aliphatic carbocycles. The summed E-state index contributed by atoms with van der Waals surface area (Å²) in [6, 6.07) is 10.1. The van der Waals surface area contributed by atoms with Crippen LogP contribution in [0.15, 0.2) is 66.2 Å². The van der Waals surface area contributed by atoms with Crippen molar-refractivity contribution in [3.05, 3.63) is 66.9 Å². The maximum Gasteiger partial charge on any atom is 0.410 e. The fourth-order valence-corrected chi connectivity index (χ4v) is 4.60. The van der Waals surface area contributed by atoms with Crippen LogP contribution < -0.4 is 4.74 Å². The molecule has 0 unspecified atom stereocenters. The predicted octanol–water partition coefficient (Wildman–Crippen LogP) is 2.79. The van der Waals surface area contributed by atoms with Crippen LogP contribution in [0.25, 0.3) is 16.7 Å². The molecule has 1 fully saturated rings. The maximum absolute atomic E-state index is 12.4. The van der Waals surface area contributed by atoms with E-state index < -0.39 is 9.84 Å². The van der Waals surface area contributed by atoms with Crippen LogP contribution in [0, 0.1) is 0 Å². The zero-order chi connectivity index (χ0) is 25.1. The minimum absolute atomic E-state index is 0.122. The van der Waals surface area contributed by atoms with E-state index in [-0.39, 0.29) is 23.7 Å². The van der Waals surface area contributed by atoms with E-state index in [2.05, 4.69) is 20.1 Å². The Balaban J connectivity index is 1.22. The first-order valence-electron chi connectivity index (χ1n) is 11.3.